The molecule has 1 aromatic heterocycles. The number of rotatable bonds is 4. The Balaban J connectivity index is 2.65. The number of aromatic nitrogens is 1. The van der Waals surface area contributed by atoms with Gasteiger partial charge in [0.15, 0.2) is 5.75 Å². The maximum Gasteiger partial charge on any atom is 0.256 e. The van der Waals surface area contributed by atoms with Gasteiger partial charge in [-0.15, -0.1) is 0 Å². The van der Waals surface area contributed by atoms with Gasteiger partial charge in [-0.3, -0.25) is 14.2 Å². The van der Waals surface area contributed by atoms with E-state index in [0.717, 1.165) is 10.6 Å². The van der Waals surface area contributed by atoms with Crippen LogP contribution in [-0.2, 0) is 7.05 Å². The molecule has 0 saturated heterocycles. The Labute approximate surface area is 137 Å². The van der Waals surface area contributed by atoms with Crippen LogP contribution in [0.2, 0.25) is 0 Å². The lowest BCUT2D eigenvalue weighted by Crippen LogP contribution is -2.25. The van der Waals surface area contributed by atoms with Crippen LogP contribution in [0, 0.1) is 9.39 Å². The van der Waals surface area contributed by atoms with Crippen LogP contribution in [0.25, 0.3) is 0 Å². The number of primary amides is 1. The molecule has 4 N–H and O–H groups in total. The summed E-state index contributed by atoms with van der Waals surface area (Å²) in [6.07, 6.45) is 0. The highest BCUT2D eigenvalue weighted by atomic mass is 127. The molecule has 2 aromatic rings. The minimum atomic E-state index is -0.951. The Hall–Kier alpha value is -2.14. The van der Waals surface area contributed by atoms with Gasteiger partial charge in [-0.25, -0.2) is 9.65 Å². The third kappa shape index (κ3) is 3.04. The van der Waals surface area contributed by atoms with E-state index in [9.17, 15) is 14.0 Å². The molecular formula is C13H11FIN3O4. The van der Waals surface area contributed by atoms with E-state index in [2.05, 4.69) is 10.2 Å². The van der Waals surface area contributed by atoms with Gasteiger partial charge in [0.05, 0.1) is 11.8 Å². The number of hydrogen-bond donors (Lipinski definition) is 3. The summed E-state index contributed by atoms with van der Waals surface area (Å²) in [7, 11) is 1.36. The van der Waals surface area contributed by atoms with Crippen LogP contribution in [0.3, 0.4) is 0 Å². The van der Waals surface area contributed by atoms with Crippen molar-refractivity contribution in [3.8, 4) is 5.75 Å². The number of nitrogens with one attached hydrogen (secondary N) is 1. The Bertz CT molecular complexity index is 807. The lowest BCUT2D eigenvalue weighted by molar-refractivity contribution is -0.138. The van der Waals surface area contributed by atoms with Crippen molar-refractivity contribution >= 4 is 40.0 Å². The monoisotopic (exact) mass is 419 g/mol. The Morgan fingerprint density at radius 1 is 1.45 bits per heavy atom. The molecule has 0 spiro atoms. The largest absolute Gasteiger partial charge is 0.365 e. The number of nitrogens with two attached hydrogens (primary N) is 1. The fourth-order valence-electron chi connectivity index (χ4n) is 1.85. The number of hydrogen-bond acceptors (Lipinski definition) is 5. The second-order valence-electron chi connectivity index (χ2n) is 4.33. The summed E-state index contributed by atoms with van der Waals surface area (Å²) in [4.78, 5) is 27.4. The van der Waals surface area contributed by atoms with Crippen LogP contribution in [0.4, 0.5) is 15.9 Å². The summed E-state index contributed by atoms with van der Waals surface area (Å²) in [6.45, 7) is 0. The van der Waals surface area contributed by atoms with Crippen LogP contribution >= 0.6 is 22.6 Å². The number of halogens is 2. The smallest absolute Gasteiger partial charge is 0.256 e. The number of benzene rings is 1. The molecule has 1 heterocycles. The maximum atomic E-state index is 13.9. The summed E-state index contributed by atoms with van der Waals surface area (Å²) in [6, 6.07) is 5.26. The molecule has 22 heavy (non-hydrogen) atoms. The third-order valence-electron chi connectivity index (χ3n) is 2.93. The number of amides is 1. The van der Waals surface area contributed by atoms with Crippen LogP contribution in [0.5, 0.6) is 5.75 Å². The molecule has 2 rings (SSSR count). The van der Waals surface area contributed by atoms with Crippen molar-refractivity contribution < 1.29 is 19.3 Å². The van der Waals surface area contributed by atoms with Crippen molar-refractivity contribution in [2.75, 3.05) is 5.32 Å². The quantitative estimate of drug-likeness (QED) is 0.398. The lowest BCUT2D eigenvalue weighted by atomic mass is 10.2. The van der Waals surface area contributed by atoms with Crippen molar-refractivity contribution in [3.05, 3.63) is 49.6 Å². The average molecular weight is 419 g/mol. The van der Waals surface area contributed by atoms with Gasteiger partial charge < -0.3 is 15.9 Å². The van der Waals surface area contributed by atoms with E-state index in [1.54, 1.807) is 6.07 Å². The van der Waals surface area contributed by atoms with Crippen LogP contribution in [0.15, 0.2) is 29.1 Å². The molecular weight excluding hydrogens is 408 g/mol. The predicted octanol–water partition coefficient (Wildman–Crippen LogP) is 1.82. The highest BCUT2D eigenvalue weighted by molar-refractivity contribution is 14.1. The Morgan fingerprint density at radius 3 is 2.68 bits per heavy atom. The summed E-state index contributed by atoms with van der Waals surface area (Å²) in [5, 5.41) is 11.4. The first-order chi connectivity index (χ1) is 10.3. The SMILES string of the molecule is Cn1c(Nc2ccc(I)cc2F)c(C(N)=O)c(OO)cc1=O. The van der Waals surface area contributed by atoms with Crippen molar-refractivity contribution in [1.82, 2.24) is 4.57 Å². The molecule has 116 valence electrons. The molecule has 0 aliphatic carbocycles. The molecule has 0 radical (unpaired) electrons. The van der Waals surface area contributed by atoms with Gasteiger partial charge in [-0.2, -0.15) is 0 Å². The number of anilines is 2. The van der Waals surface area contributed by atoms with Gasteiger partial charge in [-0.1, -0.05) is 0 Å². The molecule has 0 atom stereocenters. The summed E-state index contributed by atoms with van der Waals surface area (Å²) in [5.41, 5.74) is 4.42. The molecule has 0 fully saturated rings. The topological polar surface area (TPSA) is 107 Å². The Morgan fingerprint density at radius 2 is 2.14 bits per heavy atom. The maximum absolute atomic E-state index is 13.9. The van der Waals surface area contributed by atoms with Gasteiger partial charge in [0.2, 0.25) is 0 Å². The van der Waals surface area contributed by atoms with Crippen molar-refractivity contribution in [3.63, 3.8) is 0 Å². The molecule has 0 bridgehead atoms. The van der Waals surface area contributed by atoms with E-state index in [1.165, 1.54) is 19.2 Å². The molecule has 1 aromatic carbocycles. The fourth-order valence-corrected chi connectivity index (χ4v) is 2.30. The van der Waals surface area contributed by atoms with Crippen LogP contribution in [0.1, 0.15) is 10.4 Å². The molecule has 9 heteroatoms. The molecule has 0 aliphatic rings. The highest BCUT2D eigenvalue weighted by Gasteiger charge is 2.21. The van der Waals surface area contributed by atoms with Gasteiger partial charge in [0, 0.05) is 10.6 Å². The summed E-state index contributed by atoms with van der Waals surface area (Å²) in [5.74, 6) is -2.04. The van der Waals surface area contributed by atoms with E-state index >= 15 is 0 Å². The standard InChI is InChI=1S/C13H11FIN3O4/c1-18-10(19)5-9(22-21)11(12(16)20)13(18)17-8-3-2-6(15)4-7(8)14/h2-5,17,21H,1H3,(H2,16,20). The minimum Gasteiger partial charge on any atom is -0.365 e. The van der Waals surface area contributed by atoms with Crippen molar-refractivity contribution in [1.29, 1.82) is 0 Å². The first-order valence-corrected chi connectivity index (χ1v) is 7.00. The van der Waals surface area contributed by atoms with E-state index in [0.29, 0.717) is 3.57 Å². The van der Waals surface area contributed by atoms with Gasteiger partial charge in [0.25, 0.3) is 11.5 Å². The van der Waals surface area contributed by atoms with E-state index < -0.39 is 23.0 Å². The van der Waals surface area contributed by atoms with Crippen molar-refractivity contribution in [2.24, 2.45) is 12.8 Å². The molecule has 7 nitrogen and oxygen atoms in total. The Kier molecular flexibility index (Phi) is 4.66. The van der Waals surface area contributed by atoms with Gasteiger partial charge in [-0.05, 0) is 40.8 Å². The van der Waals surface area contributed by atoms with Crippen molar-refractivity contribution in [2.45, 2.75) is 0 Å². The first-order valence-electron chi connectivity index (χ1n) is 5.92. The second-order valence-corrected chi connectivity index (χ2v) is 5.58. The number of carbonyl (C=O) groups is 1. The first kappa shape index (κ1) is 16.2. The van der Waals surface area contributed by atoms with E-state index in [4.69, 9.17) is 11.0 Å². The predicted molar refractivity (Wildman–Crippen MR) is 85.9 cm³/mol. The van der Waals surface area contributed by atoms with Gasteiger partial charge >= 0.3 is 0 Å². The summed E-state index contributed by atoms with van der Waals surface area (Å²) < 4.78 is 15.7. The van der Waals surface area contributed by atoms with E-state index in [-0.39, 0.29) is 17.1 Å². The second kappa shape index (κ2) is 6.32. The van der Waals surface area contributed by atoms with Crippen LogP contribution < -0.4 is 21.5 Å². The number of carbonyl (C=O) groups excluding carboxylic acids is 1. The molecule has 0 unspecified atom stereocenters. The fraction of sp³-hybridized carbons (Fsp3) is 0.0769. The number of nitrogens with zero attached hydrogens (tertiary/aromatic N) is 1. The van der Waals surface area contributed by atoms with Crippen LogP contribution in [-0.4, -0.2) is 15.7 Å². The minimum absolute atomic E-state index is 0.0352. The molecule has 0 aliphatic heterocycles. The summed E-state index contributed by atoms with van der Waals surface area (Å²) >= 11 is 1.94. The number of pyridine rings is 1. The highest BCUT2D eigenvalue weighted by Crippen LogP contribution is 2.28. The lowest BCUT2D eigenvalue weighted by Gasteiger charge is -2.16. The third-order valence-corrected chi connectivity index (χ3v) is 3.60. The zero-order chi connectivity index (χ0) is 16.4. The zero-order valence-electron chi connectivity index (χ0n) is 11.3. The molecule has 0 saturated carbocycles. The van der Waals surface area contributed by atoms with Gasteiger partial charge in [0.1, 0.15) is 17.2 Å². The zero-order valence-corrected chi connectivity index (χ0v) is 13.4. The molecule has 1 amide bonds. The average Bonchev–Trinajstić information content (AvgIpc) is 2.45. The van der Waals surface area contributed by atoms with E-state index in [1.807, 2.05) is 22.6 Å². The normalized spacial score (nSPS) is 10.4.